The molecule has 0 aromatic rings. The van der Waals surface area contributed by atoms with Crippen LogP contribution < -0.4 is 10.6 Å². The number of amides is 2. The van der Waals surface area contributed by atoms with Crippen LogP contribution in [0.1, 0.15) is 20.3 Å². The van der Waals surface area contributed by atoms with Crippen LogP contribution in [0.5, 0.6) is 0 Å². The minimum absolute atomic E-state index is 0.128. The lowest BCUT2D eigenvalue weighted by atomic mass is 10.2. The van der Waals surface area contributed by atoms with Crippen LogP contribution in [-0.4, -0.2) is 40.9 Å². The molecule has 4 N–H and O–H groups in total. The molecular formula is C9H16N2O4. The minimum atomic E-state index is -1.55. The SMILES string of the molecule is CC1(C)CC1NC(=O)NC[C@H](O)C(=O)O. The summed E-state index contributed by atoms with van der Waals surface area (Å²) < 4.78 is 0. The number of aliphatic hydroxyl groups excluding tert-OH is 1. The van der Waals surface area contributed by atoms with Gasteiger partial charge in [0.25, 0.3) is 0 Å². The van der Waals surface area contributed by atoms with Crippen molar-refractivity contribution in [2.24, 2.45) is 5.41 Å². The molecule has 1 aliphatic carbocycles. The van der Waals surface area contributed by atoms with E-state index in [9.17, 15) is 9.59 Å². The lowest BCUT2D eigenvalue weighted by molar-refractivity contribution is -0.146. The third kappa shape index (κ3) is 3.39. The first-order valence-electron chi connectivity index (χ1n) is 4.78. The standard InChI is InChI=1S/C9H16N2O4/c1-9(2)3-6(9)11-8(15)10-4-5(12)7(13)14/h5-6,12H,3-4H2,1-2H3,(H,13,14)(H2,10,11,15)/t5-,6?/m0/s1. The maximum Gasteiger partial charge on any atom is 0.334 e. The number of carbonyl (C=O) groups is 2. The Balaban J connectivity index is 2.18. The lowest BCUT2D eigenvalue weighted by Gasteiger charge is -2.10. The summed E-state index contributed by atoms with van der Waals surface area (Å²) in [6.07, 6.45) is -0.634. The smallest absolute Gasteiger partial charge is 0.334 e. The highest BCUT2D eigenvalue weighted by molar-refractivity contribution is 5.77. The van der Waals surface area contributed by atoms with Gasteiger partial charge in [-0.15, -0.1) is 0 Å². The Bertz CT molecular complexity index is 277. The Morgan fingerprint density at radius 2 is 2.07 bits per heavy atom. The van der Waals surface area contributed by atoms with E-state index in [1.54, 1.807) is 0 Å². The third-order valence-electron chi connectivity index (χ3n) is 2.56. The zero-order valence-corrected chi connectivity index (χ0v) is 8.78. The summed E-state index contributed by atoms with van der Waals surface area (Å²) in [5.74, 6) is -1.35. The molecule has 6 nitrogen and oxygen atoms in total. The molecular weight excluding hydrogens is 200 g/mol. The normalized spacial score (nSPS) is 24.1. The van der Waals surface area contributed by atoms with Gasteiger partial charge in [-0.1, -0.05) is 13.8 Å². The van der Waals surface area contributed by atoms with Gasteiger partial charge in [-0.2, -0.15) is 0 Å². The van der Waals surface area contributed by atoms with Crippen LogP contribution >= 0.6 is 0 Å². The molecule has 0 saturated heterocycles. The van der Waals surface area contributed by atoms with Crippen molar-refractivity contribution in [1.29, 1.82) is 0 Å². The van der Waals surface area contributed by atoms with Crippen molar-refractivity contribution in [3.8, 4) is 0 Å². The highest BCUT2D eigenvalue weighted by Gasteiger charge is 2.46. The minimum Gasteiger partial charge on any atom is -0.479 e. The molecule has 1 aliphatic rings. The molecule has 0 radical (unpaired) electrons. The van der Waals surface area contributed by atoms with Crippen LogP contribution in [-0.2, 0) is 4.79 Å². The molecule has 1 unspecified atom stereocenters. The first-order chi connectivity index (χ1) is 6.83. The van der Waals surface area contributed by atoms with E-state index in [0.717, 1.165) is 6.42 Å². The molecule has 1 saturated carbocycles. The number of carbonyl (C=O) groups excluding carboxylic acids is 1. The zero-order valence-electron chi connectivity index (χ0n) is 8.78. The highest BCUT2D eigenvalue weighted by atomic mass is 16.4. The van der Waals surface area contributed by atoms with Crippen LogP contribution in [0.15, 0.2) is 0 Å². The number of aliphatic carboxylic acids is 1. The molecule has 0 aromatic carbocycles. The van der Waals surface area contributed by atoms with E-state index in [1.807, 2.05) is 13.8 Å². The second-order valence-corrected chi connectivity index (χ2v) is 4.45. The molecule has 0 bridgehead atoms. The van der Waals surface area contributed by atoms with Crippen molar-refractivity contribution in [3.63, 3.8) is 0 Å². The van der Waals surface area contributed by atoms with Crippen molar-refractivity contribution in [2.75, 3.05) is 6.54 Å². The van der Waals surface area contributed by atoms with Gasteiger partial charge in [-0.25, -0.2) is 9.59 Å². The Morgan fingerprint density at radius 1 is 1.53 bits per heavy atom. The van der Waals surface area contributed by atoms with Gasteiger partial charge in [0.15, 0.2) is 6.10 Å². The number of hydrogen-bond donors (Lipinski definition) is 4. The molecule has 0 spiro atoms. The molecule has 15 heavy (non-hydrogen) atoms. The fourth-order valence-corrected chi connectivity index (χ4v) is 1.20. The second kappa shape index (κ2) is 4.06. The van der Waals surface area contributed by atoms with Crippen LogP contribution in [0.25, 0.3) is 0 Å². The fourth-order valence-electron chi connectivity index (χ4n) is 1.20. The number of carboxylic acid groups (broad SMARTS) is 1. The molecule has 0 aliphatic heterocycles. The van der Waals surface area contributed by atoms with E-state index in [2.05, 4.69) is 10.6 Å². The zero-order chi connectivity index (χ0) is 11.6. The highest BCUT2D eigenvalue weighted by Crippen LogP contribution is 2.44. The number of rotatable bonds is 4. The average Bonchev–Trinajstić information content (AvgIpc) is 2.69. The van der Waals surface area contributed by atoms with Gasteiger partial charge in [-0.05, 0) is 11.8 Å². The first-order valence-corrected chi connectivity index (χ1v) is 4.78. The van der Waals surface area contributed by atoms with Gasteiger partial charge in [0.2, 0.25) is 0 Å². The monoisotopic (exact) mass is 216 g/mol. The molecule has 0 aromatic heterocycles. The van der Waals surface area contributed by atoms with E-state index in [-0.39, 0.29) is 18.0 Å². The van der Waals surface area contributed by atoms with E-state index >= 15 is 0 Å². The summed E-state index contributed by atoms with van der Waals surface area (Å²) >= 11 is 0. The van der Waals surface area contributed by atoms with E-state index in [1.165, 1.54) is 0 Å². The Kier molecular flexibility index (Phi) is 3.18. The van der Waals surface area contributed by atoms with Gasteiger partial charge >= 0.3 is 12.0 Å². The summed E-state index contributed by atoms with van der Waals surface area (Å²) in [5, 5.41) is 22.2. The molecule has 2 atom stereocenters. The van der Waals surface area contributed by atoms with Crippen molar-refractivity contribution in [1.82, 2.24) is 10.6 Å². The van der Waals surface area contributed by atoms with Crippen molar-refractivity contribution >= 4 is 12.0 Å². The molecule has 86 valence electrons. The van der Waals surface area contributed by atoms with Crippen LogP contribution in [0.3, 0.4) is 0 Å². The molecule has 6 heteroatoms. The molecule has 1 fully saturated rings. The van der Waals surface area contributed by atoms with Crippen LogP contribution in [0.4, 0.5) is 4.79 Å². The van der Waals surface area contributed by atoms with Crippen molar-refractivity contribution < 1.29 is 19.8 Å². The van der Waals surface area contributed by atoms with E-state index in [0.29, 0.717) is 0 Å². The summed E-state index contributed by atoms with van der Waals surface area (Å²) in [4.78, 5) is 21.4. The molecule has 2 amide bonds. The number of carboxylic acids is 1. The Hall–Kier alpha value is -1.30. The number of nitrogens with one attached hydrogen (secondary N) is 2. The number of hydrogen-bond acceptors (Lipinski definition) is 3. The van der Waals surface area contributed by atoms with Gasteiger partial charge < -0.3 is 20.8 Å². The Morgan fingerprint density at radius 3 is 2.47 bits per heavy atom. The van der Waals surface area contributed by atoms with Crippen molar-refractivity contribution in [3.05, 3.63) is 0 Å². The topological polar surface area (TPSA) is 98.7 Å². The van der Waals surface area contributed by atoms with E-state index in [4.69, 9.17) is 10.2 Å². The summed E-state index contributed by atoms with van der Waals surface area (Å²) in [5.41, 5.74) is 0.128. The predicted octanol–water partition coefficient (Wildman–Crippen LogP) is -0.470. The first kappa shape index (κ1) is 11.8. The second-order valence-electron chi connectivity index (χ2n) is 4.45. The average molecular weight is 216 g/mol. The molecule has 0 heterocycles. The van der Waals surface area contributed by atoms with Gasteiger partial charge in [0, 0.05) is 6.04 Å². The predicted molar refractivity (Wildman–Crippen MR) is 52.4 cm³/mol. The van der Waals surface area contributed by atoms with Gasteiger partial charge in [0.05, 0.1) is 6.54 Å². The lowest BCUT2D eigenvalue weighted by Crippen LogP contribution is -2.43. The number of aliphatic hydroxyl groups is 1. The molecule has 1 rings (SSSR count). The quantitative estimate of drug-likeness (QED) is 0.510. The maximum absolute atomic E-state index is 11.2. The Labute approximate surface area is 87.7 Å². The summed E-state index contributed by atoms with van der Waals surface area (Å²) in [6, 6.07) is -0.301. The maximum atomic E-state index is 11.2. The van der Waals surface area contributed by atoms with Crippen LogP contribution in [0, 0.1) is 5.41 Å². The van der Waals surface area contributed by atoms with E-state index < -0.39 is 18.1 Å². The van der Waals surface area contributed by atoms with Crippen molar-refractivity contribution in [2.45, 2.75) is 32.4 Å². The van der Waals surface area contributed by atoms with Gasteiger partial charge in [-0.3, -0.25) is 0 Å². The largest absolute Gasteiger partial charge is 0.479 e. The van der Waals surface area contributed by atoms with Gasteiger partial charge in [0.1, 0.15) is 0 Å². The summed E-state index contributed by atoms with van der Waals surface area (Å²) in [6.45, 7) is 3.78. The fraction of sp³-hybridized carbons (Fsp3) is 0.778. The third-order valence-corrected chi connectivity index (χ3v) is 2.56. The summed E-state index contributed by atoms with van der Waals surface area (Å²) in [7, 11) is 0. The number of urea groups is 1. The van der Waals surface area contributed by atoms with Crippen LogP contribution in [0.2, 0.25) is 0 Å².